The van der Waals surface area contributed by atoms with E-state index in [1.165, 1.54) is 0 Å². The highest BCUT2D eigenvalue weighted by molar-refractivity contribution is 5.94. The van der Waals surface area contributed by atoms with Gasteiger partial charge in [0, 0.05) is 32.1 Å². The molecule has 1 atom stereocenters. The van der Waals surface area contributed by atoms with Crippen molar-refractivity contribution in [1.82, 2.24) is 9.88 Å². The minimum atomic E-state index is -5.08. The van der Waals surface area contributed by atoms with Gasteiger partial charge in [0.15, 0.2) is 0 Å². The molecule has 0 radical (unpaired) electrons. The molecule has 2 aliphatic heterocycles. The zero-order valence-corrected chi connectivity index (χ0v) is 16.4. The molecule has 0 saturated carbocycles. The van der Waals surface area contributed by atoms with Gasteiger partial charge in [0.2, 0.25) is 0 Å². The third-order valence-corrected chi connectivity index (χ3v) is 5.15. The quantitative estimate of drug-likeness (QED) is 0.812. The molecule has 1 unspecified atom stereocenters. The largest absolute Gasteiger partial charge is 0.490 e. The highest BCUT2D eigenvalue weighted by atomic mass is 19.4. The molecule has 0 bridgehead atoms. The molecule has 1 aromatic heterocycles. The number of hydrogen-bond donors (Lipinski definition) is 1. The van der Waals surface area contributed by atoms with Crippen LogP contribution in [0, 0.1) is 12.3 Å². The number of ether oxygens (including phenoxy) is 2. The number of carboxylic acid groups (broad SMARTS) is 1. The standard InChI is InChI=1S/C17H24N2O3.C2HF3O2/c1-13-3-4-14(10-18-13)16(20)19-7-5-17(6-8-19)9-15(11-21-2)22-12-17;3-2(4,5)1(6)7/h3-4,10,15H,5-9,11-12H2,1-2H3;(H,6,7). The normalized spacial score (nSPS) is 20.9. The Hall–Kier alpha value is -2.20. The third-order valence-electron chi connectivity index (χ3n) is 5.15. The van der Waals surface area contributed by atoms with Crippen LogP contribution in [0.15, 0.2) is 18.3 Å². The van der Waals surface area contributed by atoms with Crippen LogP contribution in [0.1, 0.15) is 35.3 Å². The van der Waals surface area contributed by atoms with Gasteiger partial charge in [0.05, 0.1) is 24.9 Å². The Morgan fingerprint density at radius 3 is 2.45 bits per heavy atom. The molecule has 7 nitrogen and oxygen atoms in total. The number of likely N-dealkylation sites (tertiary alicyclic amines) is 1. The minimum Gasteiger partial charge on any atom is -0.475 e. The zero-order chi connectivity index (χ0) is 21.7. The fourth-order valence-corrected chi connectivity index (χ4v) is 3.50. The van der Waals surface area contributed by atoms with E-state index in [-0.39, 0.29) is 17.4 Å². The highest BCUT2D eigenvalue weighted by Gasteiger charge is 2.43. The van der Waals surface area contributed by atoms with Gasteiger partial charge in [-0.2, -0.15) is 13.2 Å². The summed E-state index contributed by atoms with van der Waals surface area (Å²) < 4.78 is 42.8. The van der Waals surface area contributed by atoms with E-state index in [4.69, 9.17) is 19.4 Å². The van der Waals surface area contributed by atoms with Crippen LogP contribution in [0.25, 0.3) is 0 Å². The number of alkyl halides is 3. The van der Waals surface area contributed by atoms with Gasteiger partial charge in [-0.05, 0) is 43.7 Å². The van der Waals surface area contributed by atoms with E-state index < -0.39 is 12.1 Å². The number of rotatable bonds is 3. The van der Waals surface area contributed by atoms with Crippen LogP contribution >= 0.6 is 0 Å². The first-order valence-electron chi connectivity index (χ1n) is 9.19. The van der Waals surface area contributed by atoms with E-state index in [2.05, 4.69) is 4.98 Å². The predicted molar refractivity (Wildman–Crippen MR) is 96.5 cm³/mol. The van der Waals surface area contributed by atoms with Crippen LogP contribution < -0.4 is 0 Å². The molecule has 1 spiro atoms. The number of aliphatic carboxylic acids is 1. The molecule has 1 N–H and O–H groups in total. The van der Waals surface area contributed by atoms with Crippen molar-refractivity contribution in [2.75, 3.05) is 33.4 Å². The number of methoxy groups -OCH3 is 1. The Balaban J connectivity index is 0.000000370. The van der Waals surface area contributed by atoms with Crippen molar-refractivity contribution in [1.29, 1.82) is 0 Å². The van der Waals surface area contributed by atoms with Crippen molar-refractivity contribution in [3.63, 3.8) is 0 Å². The summed E-state index contributed by atoms with van der Waals surface area (Å²) in [6.07, 6.45) is -0.116. The molecule has 0 aliphatic carbocycles. The Morgan fingerprint density at radius 2 is 1.97 bits per heavy atom. The van der Waals surface area contributed by atoms with Crippen molar-refractivity contribution in [2.45, 2.75) is 38.5 Å². The van der Waals surface area contributed by atoms with Gasteiger partial charge in [-0.15, -0.1) is 0 Å². The number of nitrogens with zero attached hydrogens (tertiary/aromatic N) is 2. The number of aryl methyl sites for hydroxylation is 1. The number of piperidine rings is 1. The lowest BCUT2D eigenvalue weighted by Gasteiger charge is -2.38. The maximum atomic E-state index is 12.5. The van der Waals surface area contributed by atoms with Crippen molar-refractivity contribution < 1.29 is 37.3 Å². The summed E-state index contributed by atoms with van der Waals surface area (Å²) in [6, 6.07) is 3.75. The molecule has 2 saturated heterocycles. The second-order valence-corrected chi connectivity index (χ2v) is 7.38. The number of amides is 1. The molecule has 1 aromatic rings. The maximum Gasteiger partial charge on any atom is 0.490 e. The molecular formula is C19H25F3N2O5. The van der Waals surface area contributed by atoms with E-state index in [1.54, 1.807) is 13.3 Å². The van der Waals surface area contributed by atoms with Crippen LogP contribution in [0.4, 0.5) is 13.2 Å². The SMILES string of the molecule is COCC1CC2(CCN(C(=O)c3ccc(C)nc3)CC2)CO1.O=C(O)C(F)(F)F. The number of aromatic nitrogens is 1. The van der Waals surface area contributed by atoms with Gasteiger partial charge >= 0.3 is 12.1 Å². The summed E-state index contributed by atoms with van der Waals surface area (Å²) in [6.45, 7) is 5.00. The van der Waals surface area contributed by atoms with Crippen LogP contribution in [0.5, 0.6) is 0 Å². The third kappa shape index (κ3) is 6.40. The van der Waals surface area contributed by atoms with Gasteiger partial charge in [0.1, 0.15) is 0 Å². The van der Waals surface area contributed by atoms with E-state index in [1.807, 2.05) is 24.0 Å². The Bertz CT molecular complexity index is 701. The first-order chi connectivity index (χ1) is 13.6. The molecule has 29 heavy (non-hydrogen) atoms. The second kappa shape index (κ2) is 9.53. The molecular weight excluding hydrogens is 393 g/mol. The fraction of sp³-hybridized carbons (Fsp3) is 0.632. The highest BCUT2D eigenvalue weighted by Crippen LogP contribution is 2.42. The molecule has 2 aliphatic rings. The molecule has 1 amide bonds. The molecule has 3 rings (SSSR count). The number of carbonyl (C=O) groups is 2. The number of carboxylic acids is 1. The van der Waals surface area contributed by atoms with Crippen LogP contribution in [-0.2, 0) is 14.3 Å². The minimum absolute atomic E-state index is 0.0923. The predicted octanol–water partition coefficient (Wildman–Crippen LogP) is 2.68. The van der Waals surface area contributed by atoms with Gasteiger partial charge in [-0.1, -0.05) is 0 Å². The Kier molecular flexibility index (Phi) is 7.59. The molecule has 162 valence electrons. The van der Waals surface area contributed by atoms with E-state index in [0.717, 1.165) is 44.7 Å². The van der Waals surface area contributed by atoms with Gasteiger partial charge in [-0.3, -0.25) is 9.78 Å². The molecule has 0 aromatic carbocycles. The summed E-state index contributed by atoms with van der Waals surface area (Å²) in [7, 11) is 1.71. The second-order valence-electron chi connectivity index (χ2n) is 7.38. The number of pyridine rings is 1. The molecule has 3 heterocycles. The van der Waals surface area contributed by atoms with Gasteiger partial charge < -0.3 is 19.5 Å². The number of halogens is 3. The van der Waals surface area contributed by atoms with Crippen molar-refractivity contribution in [3.8, 4) is 0 Å². The summed E-state index contributed by atoms with van der Waals surface area (Å²) in [5, 5.41) is 7.12. The lowest BCUT2D eigenvalue weighted by molar-refractivity contribution is -0.192. The summed E-state index contributed by atoms with van der Waals surface area (Å²) >= 11 is 0. The smallest absolute Gasteiger partial charge is 0.475 e. The van der Waals surface area contributed by atoms with Crippen LogP contribution in [0.3, 0.4) is 0 Å². The van der Waals surface area contributed by atoms with Crippen LogP contribution in [0.2, 0.25) is 0 Å². The Morgan fingerprint density at radius 1 is 1.34 bits per heavy atom. The average Bonchev–Trinajstić information content (AvgIpc) is 3.05. The van der Waals surface area contributed by atoms with Crippen molar-refractivity contribution in [3.05, 3.63) is 29.6 Å². The van der Waals surface area contributed by atoms with Crippen molar-refractivity contribution >= 4 is 11.9 Å². The lowest BCUT2D eigenvalue weighted by atomic mass is 9.76. The van der Waals surface area contributed by atoms with E-state index in [0.29, 0.717) is 12.2 Å². The van der Waals surface area contributed by atoms with Crippen LogP contribution in [-0.4, -0.2) is 72.6 Å². The maximum absolute atomic E-state index is 12.5. The van der Waals surface area contributed by atoms with Crippen molar-refractivity contribution in [2.24, 2.45) is 5.41 Å². The Labute approximate surface area is 166 Å². The zero-order valence-electron chi connectivity index (χ0n) is 16.4. The lowest BCUT2D eigenvalue weighted by Crippen LogP contribution is -2.43. The first kappa shape index (κ1) is 23.1. The van der Waals surface area contributed by atoms with Gasteiger partial charge in [-0.25, -0.2) is 4.79 Å². The topological polar surface area (TPSA) is 89.0 Å². The fourth-order valence-electron chi connectivity index (χ4n) is 3.50. The summed E-state index contributed by atoms with van der Waals surface area (Å²) in [4.78, 5) is 27.6. The van der Waals surface area contributed by atoms with Gasteiger partial charge in [0.25, 0.3) is 5.91 Å². The van der Waals surface area contributed by atoms with E-state index in [9.17, 15) is 18.0 Å². The average molecular weight is 418 g/mol. The number of hydrogen-bond acceptors (Lipinski definition) is 5. The van der Waals surface area contributed by atoms with E-state index >= 15 is 0 Å². The first-order valence-corrected chi connectivity index (χ1v) is 9.19. The number of carbonyl (C=O) groups excluding carboxylic acids is 1. The summed E-state index contributed by atoms with van der Waals surface area (Å²) in [5.41, 5.74) is 1.86. The molecule has 2 fully saturated rings. The molecule has 10 heteroatoms. The summed E-state index contributed by atoms with van der Waals surface area (Å²) in [5.74, 6) is -2.66. The monoisotopic (exact) mass is 418 g/mol.